The lowest BCUT2D eigenvalue weighted by atomic mass is 10.0. The van der Waals surface area contributed by atoms with Crippen molar-refractivity contribution >= 4 is 29.1 Å². The molecule has 0 atom stereocenters. The van der Waals surface area contributed by atoms with Gasteiger partial charge in [0.25, 0.3) is 0 Å². The lowest BCUT2D eigenvalue weighted by molar-refractivity contribution is -0.122. The van der Waals surface area contributed by atoms with E-state index in [1.54, 1.807) is 28.4 Å². The molecule has 38 heavy (non-hydrogen) atoms. The van der Waals surface area contributed by atoms with Crippen LogP contribution in [0.15, 0.2) is 48.5 Å². The van der Waals surface area contributed by atoms with Crippen LogP contribution < -0.4 is 24.3 Å². The molecule has 8 nitrogen and oxygen atoms in total. The highest BCUT2D eigenvalue weighted by atomic mass is 35.5. The van der Waals surface area contributed by atoms with Crippen molar-refractivity contribution in [3.05, 3.63) is 59.7 Å². The van der Waals surface area contributed by atoms with Crippen molar-refractivity contribution in [1.82, 2.24) is 15.1 Å². The number of methoxy groups -OCH3 is 4. The fourth-order valence-electron chi connectivity index (χ4n) is 4.89. The molecule has 0 aromatic heterocycles. The van der Waals surface area contributed by atoms with Crippen LogP contribution in [0.25, 0.3) is 10.8 Å². The second kappa shape index (κ2) is 14.1. The van der Waals surface area contributed by atoms with Crippen molar-refractivity contribution in [2.24, 2.45) is 0 Å². The summed E-state index contributed by atoms with van der Waals surface area (Å²) >= 11 is 0. The van der Waals surface area contributed by atoms with Gasteiger partial charge in [-0.05, 0) is 41.0 Å². The van der Waals surface area contributed by atoms with Gasteiger partial charge in [-0.1, -0.05) is 30.3 Å². The van der Waals surface area contributed by atoms with Gasteiger partial charge in [-0.3, -0.25) is 14.6 Å². The Morgan fingerprint density at radius 3 is 2.24 bits per heavy atom. The van der Waals surface area contributed by atoms with Crippen LogP contribution in [0.1, 0.15) is 11.1 Å². The van der Waals surface area contributed by atoms with E-state index in [9.17, 15) is 4.79 Å². The van der Waals surface area contributed by atoms with Crippen LogP contribution >= 0.6 is 12.4 Å². The summed E-state index contributed by atoms with van der Waals surface area (Å²) < 4.78 is 21.9. The zero-order valence-electron chi connectivity index (χ0n) is 22.6. The second-order valence-corrected chi connectivity index (χ2v) is 9.15. The van der Waals surface area contributed by atoms with E-state index in [-0.39, 0.29) is 18.3 Å². The number of carbonyl (C=O) groups is 1. The molecule has 3 aromatic carbocycles. The van der Waals surface area contributed by atoms with Crippen molar-refractivity contribution < 1.29 is 23.7 Å². The number of piperazine rings is 1. The zero-order chi connectivity index (χ0) is 26.2. The van der Waals surface area contributed by atoms with Gasteiger partial charge in [0.1, 0.15) is 5.75 Å². The standard InChI is InChI=1S/C29H37N3O5.ClH/c1-34-24-10-8-21-6-5-7-22(25(21)18-24)12-13-30-27(33)20-32-16-14-31(15-17-32)19-23-9-11-26(35-2)29(37-4)28(23)36-3;/h5-11,18H,12-17,19-20H2,1-4H3,(H,30,33);1H. The number of hydrogen-bond donors (Lipinski definition) is 1. The number of nitrogens with zero attached hydrogens (tertiary/aromatic N) is 2. The Balaban J connectivity index is 0.00000400. The molecular formula is C29H38ClN3O5. The smallest absolute Gasteiger partial charge is 0.234 e. The molecule has 9 heteroatoms. The van der Waals surface area contributed by atoms with E-state index in [1.165, 1.54) is 16.3 Å². The lowest BCUT2D eigenvalue weighted by Crippen LogP contribution is -2.49. The molecule has 1 saturated heterocycles. The molecule has 4 rings (SSSR count). The maximum absolute atomic E-state index is 12.6. The SMILES string of the molecule is COc1ccc2cccc(CCNC(=O)CN3CCN(Cc4ccc(OC)c(OC)c4OC)CC3)c2c1.Cl. The van der Waals surface area contributed by atoms with Crippen LogP contribution in [0.5, 0.6) is 23.0 Å². The quantitative estimate of drug-likeness (QED) is 0.395. The molecule has 1 amide bonds. The number of amides is 1. The second-order valence-electron chi connectivity index (χ2n) is 9.15. The fourth-order valence-corrected chi connectivity index (χ4v) is 4.89. The maximum atomic E-state index is 12.6. The molecule has 1 N–H and O–H groups in total. The highest BCUT2D eigenvalue weighted by Crippen LogP contribution is 2.40. The number of nitrogens with one attached hydrogen (secondary N) is 1. The first-order valence-electron chi connectivity index (χ1n) is 12.6. The molecular weight excluding hydrogens is 506 g/mol. The Morgan fingerprint density at radius 1 is 0.816 bits per heavy atom. The van der Waals surface area contributed by atoms with Gasteiger partial charge in [0.15, 0.2) is 11.5 Å². The molecule has 0 saturated carbocycles. The minimum atomic E-state index is 0. The number of ether oxygens (including phenoxy) is 4. The van der Waals surface area contributed by atoms with Gasteiger partial charge in [-0.15, -0.1) is 12.4 Å². The van der Waals surface area contributed by atoms with Crippen LogP contribution in [-0.4, -0.2) is 83.4 Å². The van der Waals surface area contributed by atoms with Gasteiger partial charge in [0.2, 0.25) is 11.7 Å². The third kappa shape index (κ3) is 7.01. The average Bonchev–Trinajstić information content (AvgIpc) is 2.93. The van der Waals surface area contributed by atoms with E-state index < -0.39 is 0 Å². The highest BCUT2D eigenvalue weighted by Gasteiger charge is 2.22. The van der Waals surface area contributed by atoms with Gasteiger partial charge in [0, 0.05) is 44.8 Å². The minimum Gasteiger partial charge on any atom is -0.497 e. The van der Waals surface area contributed by atoms with Crippen LogP contribution in [0, 0.1) is 0 Å². The number of hydrogen-bond acceptors (Lipinski definition) is 7. The Kier molecular flexibility index (Phi) is 10.9. The van der Waals surface area contributed by atoms with Gasteiger partial charge in [-0.25, -0.2) is 0 Å². The molecule has 1 fully saturated rings. The van der Waals surface area contributed by atoms with E-state index in [4.69, 9.17) is 18.9 Å². The molecule has 3 aromatic rings. The summed E-state index contributed by atoms with van der Waals surface area (Å²) in [6, 6.07) is 16.3. The summed E-state index contributed by atoms with van der Waals surface area (Å²) in [6.45, 7) is 5.20. The first kappa shape index (κ1) is 29.4. The topological polar surface area (TPSA) is 72.5 Å². The summed E-state index contributed by atoms with van der Waals surface area (Å²) in [4.78, 5) is 17.2. The van der Waals surface area contributed by atoms with Crippen molar-refractivity contribution in [3.8, 4) is 23.0 Å². The average molecular weight is 544 g/mol. The highest BCUT2D eigenvalue weighted by molar-refractivity contribution is 5.87. The van der Waals surface area contributed by atoms with Gasteiger partial charge in [-0.2, -0.15) is 0 Å². The molecule has 1 heterocycles. The minimum absolute atomic E-state index is 0. The normalized spacial score (nSPS) is 14.0. The molecule has 206 valence electrons. The zero-order valence-corrected chi connectivity index (χ0v) is 23.4. The van der Waals surface area contributed by atoms with Crippen molar-refractivity contribution in [1.29, 1.82) is 0 Å². The van der Waals surface area contributed by atoms with Crippen molar-refractivity contribution in [2.75, 3.05) is 67.7 Å². The molecule has 0 unspecified atom stereocenters. The molecule has 0 aliphatic carbocycles. The molecule has 0 spiro atoms. The van der Waals surface area contributed by atoms with Crippen molar-refractivity contribution in [2.45, 2.75) is 13.0 Å². The van der Waals surface area contributed by atoms with Crippen LogP contribution in [0.4, 0.5) is 0 Å². The largest absolute Gasteiger partial charge is 0.497 e. The monoisotopic (exact) mass is 543 g/mol. The van der Waals surface area contributed by atoms with Gasteiger partial charge >= 0.3 is 0 Å². The molecule has 0 radical (unpaired) electrons. The van der Waals surface area contributed by atoms with E-state index in [1.807, 2.05) is 18.2 Å². The Morgan fingerprint density at radius 2 is 1.55 bits per heavy atom. The van der Waals surface area contributed by atoms with E-state index >= 15 is 0 Å². The number of fused-ring (bicyclic) bond motifs is 1. The summed E-state index contributed by atoms with van der Waals surface area (Å²) in [5.41, 5.74) is 2.26. The molecule has 1 aliphatic heterocycles. The first-order valence-corrected chi connectivity index (χ1v) is 12.6. The fraction of sp³-hybridized carbons (Fsp3) is 0.414. The Labute approximate surface area is 231 Å². The van der Waals surface area contributed by atoms with Crippen LogP contribution in [0.2, 0.25) is 0 Å². The summed E-state index contributed by atoms with van der Waals surface area (Å²) in [5.74, 6) is 2.87. The lowest BCUT2D eigenvalue weighted by Gasteiger charge is -2.34. The van der Waals surface area contributed by atoms with Crippen LogP contribution in [0.3, 0.4) is 0 Å². The maximum Gasteiger partial charge on any atom is 0.234 e. The molecule has 0 bridgehead atoms. The predicted octanol–water partition coefficient (Wildman–Crippen LogP) is 3.77. The summed E-state index contributed by atoms with van der Waals surface area (Å²) in [5, 5.41) is 5.43. The Hall–Kier alpha value is -3.20. The van der Waals surface area contributed by atoms with E-state index in [0.29, 0.717) is 30.3 Å². The van der Waals surface area contributed by atoms with Gasteiger partial charge in [0.05, 0.1) is 35.0 Å². The van der Waals surface area contributed by atoms with Gasteiger partial charge < -0.3 is 24.3 Å². The number of rotatable bonds is 11. The summed E-state index contributed by atoms with van der Waals surface area (Å²) in [6.07, 6.45) is 0.775. The third-order valence-electron chi connectivity index (χ3n) is 6.91. The van der Waals surface area contributed by atoms with E-state index in [0.717, 1.165) is 50.5 Å². The van der Waals surface area contributed by atoms with E-state index in [2.05, 4.69) is 45.4 Å². The van der Waals surface area contributed by atoms with Crippen molar-refractivity contribution in [3.63, 3.8) is 0 Å². The number of carbonyl (C=O) groups excluding carboxylic acids is 1. The summed E-state index contributed by atoms with van der Waals surface area (Å²) in [7, 11) is 6.56. The third-order valence-corrected chi connectivity index (χ3v) is 6.91. The molecule has 1 aliphatic rings. The Bertz CT molecular complexity index is 1210. The number of benzene rings is 3. The first-order chi connectivity index (χ1) is 18.1. The number of halogens is 1. The predicted molar refractivity (Wildman–Crippen MR) is 152 cm³/mol. The van der Waals surface area contributed by atoms with Crippen LogP contribution in [-0.2, 0) is 17.8 Å².